The Kier molecular flexibility index (Phi) is 21.3. The third kappa shape index (κ3) is 12.6. The molecule has 224 valence electrons. The summed E-state index contributed by atoms with van der Waals surface area (Å²) in [5.41, 5.74) is 0. The standard InChI is InChI=1S/2C10H21O.2C4H6F3.Sn/c2*1-2-3-4-5-6-7-8-9-10-11;2*1-2-3(5)4(6)7;/h2*2-10H2,1H3;2*3H,2H2,1H3;/q2*-1;;;+2. The molecular formula is C28H54F6O2Sn. The molecule has 9 heteroatoms. The molecule has 0 saturated carbocycles. The van der Waals surface area contributed by atoms with Gasteiger partial charge in [0.15, 0.2) is 0 Å². The SMILES string of the molecule is CCCCCCCCCC[O][Sn]([O]CCCCCCCCCC)([C](F)(F)C(F)CC)[C](F)(F)C(F)CC. The number of unbranched alkanes of at least 4 members (excludes halogenated alkanes) is 14. The van der Waals surface area contributed by atoms with Crippen molar-refractivity contribution in [1.29, 1.82) is 0 Å². The Labute approximate surface area is 228 Å². The van der Waals surface area contributed by atoms with Crippen LogP contribution in [0.1, 0.15) is 143 Å². The van der Waals surface area contributed by atoms with Crippen LogP contribution in [0.25, 0.3) is 0 Å². The van der Waals surface area contributed by atoms with Gasteiger partial charge in [0.2, 0.25) is 0 Å². The van der Waals surface area contributed by atoms with Crippen molar-refractivity contribution < 1.29 is 32.5 Å². The molecule has 0 aromatic rings. The maximum absolute atomic E-state index is 15.4. The van der Waals surface area contributed by atoms with E-state index >= 15 is 17.6 Å². The fraction of sp³-hybridized carbons (Fsp3) is 1.00. The van der Waals surface area contributed by atoms with Gasteiger partial charge in [0.1, 0.15) is 0 Å². The van der Waals surface area contributed by atoms with E-state index in [-0.39, 0.29) is 26.1 Å². The monoisotopic (exact) mass is 656 g/mol. The van der Waals surface area contributed by atoms with Gasteiger partial charge in [-0.15, -0.1) is 0 Å². The first-order valence-corrected chi connectivity index (χ1v) is 20.1. The van der Waals surface area contributed by atoms with Gasteiger partial charge in [-0.2, -0.15) is 0 Å². The average molecular weight is 655 g/mol. The summed E-state index contributed by atoms with van der Waals surface area (Å²) < 4.78 is 92.5. The molecule has 2 unspecified atom stereocenters. The molecule has 0 aliphatic rings. The molecule has 2 atom stereocenters. The van der Waals surface area contributed by atoms with Crippen LogP contribution in [0, 0.1) is 0 Å². The maximum atomic E-state index is 15.4. The van der Waals surface area contributed by atoms with Crippen molar-refractivity contribution in [1.82, 2.24) is 0 Å². The van der Waals surface area contributed by atoms with Crippen molar-refractivity contribution in [2.45, 2.75) is 163 Å². The predicted octanol–water partition coefficient (Wildman–Crippen LogP) is 10.6. The van der Waals surface area contributed by atoms with Crippen molar-refractivity contribution in [3.05, 3.63) is 0 Å². The summed E-state index contributed by atoms with van der Waals surface area (Å²) in [5.74, 6) is 0. The van der Waals surface area contributed by atoms with Gasteiger partial charge in [0, 0.05) is 0 Å². The molecule has 0 amide bonds. The van der Waals surface area contributed by atoms with Gasteiger partial charge >= 0.3 is 228 Å². The fourth-order valence-corrected chi connectivity index (χ4v) is 14.2. The minimum absolute atomic E-state index is 0.284. The van der Waals surface area contributed by atoms with Crippen molar-refractivity contribution in [3.63, 3.8) is 0 Å². The molecule has 0 rings (SSSR count). The Morgan fingerprint density at radius 2 is 0.757 bits per heavy atom. The van der Waals surface area contributed by atoms with Gasteiger partial charge in [0.25, 0.3) is 0 Å². The fourth-order valence-electron chi connectivity index (χ4n) is 4.48. The van der Waals surface area contributed by atoms with E-state index in [0.717, 1.165) is 90.9 Å². The molecule has 0 radical (unpaired) electrons. The molecule has 0 aromatic heterocycles. The van der Waals surface area contributed by atoms with Crippen LogP contribution in [0.3, 0.4) is 0 Å². The third-order valence-electron chi connectivity index (χ3n) is 6.99. The van der Waals surface area contributed by atoms with Gasteiger partial charge in [-0.3, -0.25) is 0 Å². The molecule has 37 heavy (non-hydrogen) atoms. The second kappa shape index (κ2) is 21.1. The molecule has 2 nitrogen and oxygen atoms in total. The second-order valence-corrected chi connectivity index (χ2v) is 19.2. The topological polar surface area (TPSA) is 18.5 Å². The molecule has 0 saturated heterocycles. The molecule has 0 bridgehead atoms. The molecule has 0 fully saturated rings. The van der Waals surface area contributed by atoms with Gasteiger partial charge in [-0.1, -0.05) is 0 Å². The molecule has 0 aliphatic carbocycles. The zero-order valence-corrected chi connectivity index (χ0v) is 26.7. The summed E-state index contributed by atoms with van der Waals surface area (Å²) in [7, 11) is 0. The van der Waals surface area contributed by atoms with E-state index in [1.165, 1.54) is 0 Å². The van der Waals surface area contributed by atoms with E-state index in [2.05, 4.69) is 13.8 Å². The Morgan fingerprint density at radius 3 is 1.03 bits per heavy atom. The summed E-state index contributed by atoms with van der Waals surface area (Å²) in [6.45, 7) is 5.80. The number of hydrogen-bond donors (Lipinski definition) is 0. The van der Waals surface area contributed by atoms with E-state index in [1.54, 1.807) is 0 Å². The Balaban J connectivity index is 5.37. The Hall–Kier alpha value is 0.299. The van der Waals surface area contributed by atoms with Gasteiger partial charge < -0.3 is 0 Å². The zero-order valence-electron chi connectivity index (χ0n) is 23.9. The van der Waals surface area contributed by atoms with E-state index < -0.39 is 52.3 Å². The van der Waals surface area contributed by atoms with Crippen molar-refractivity contribution in [2.24, 2.45) is 0 Å². The van der Waals surface area contributed by atoms with Crippen molar-refractivity contribution in [3.8, 4) is 0 Å². The first-order valence-electron chi connectivity index (χ1n) is 14.9. The van der Waals surface area contributed by atoms with E-state index in [1.807, 2.05) is 0 Å². The first kappa shape index (κ1) is 37.3. The molecule has 0 N–H and O–H groups in total. The van der Waals surface area contributed by atoms with Crippen LogP contribution in [0.2, 0.25) is 0 Å². The van der Waals surface area contributed by atoms with Gasteiger partial charge in [-0.05, 0) is 0 Å². The number of rotatable bonds is 26. The van der Waals surface area contributed by atoms with Crippen LogP contribution < -0.4 is 0 Å². The Bertz CT molecular complexity index is 493. The number of halogens is 6. The number of alkyl halides is 6. The van der Waals surface area contributed by atoms with Crippen LogP contribution in [0.4, 0.5) is 26.3 Å². The minimum atomic E-state index is -7.04. The van der Waals surface area contributed by atoms with Crippen LogP contribution in [0.5, 0.6) is 0 Å². The summed E-state index contributed by atoms with van der Waals surface area (Å²) >= 11 is -7.04. The van der Waals surface area contributed by atoms with Crippen LogP contribution >= 0.6 is 0 Å². The van der Waals surface area contributed by atoms with Crippen molar-refractivity contribution in [2.75, 3.05) is 13.2 Å². The molecule has 0 heterocycles. The summed E-state index contributed by atoms with van der Waals surface area (Å²) in [4.78, 5) is 0. The predicted molar refractivity (Wildman–Crippen MR) is 143 cm³/mol. The summed E-state index contributed by atoms with van der Waals surface area (Å²) in [6.07, 6.45) is 7.32. The quantitative estimate of drug-likeness (QED) is 0.0525. The van der Waals surface area contributed by atoms with Crippen LogP contribution in [0.15, 0.2) is 0 Å². The molecule has 0 spiro atoms. The average Bonchev–Trinajstić information content (AvgIpc) is 2.88. The van der Waals surface area contributed by atoms with E-state index in [4.69, 9.17) is 6.15 Å². The second-order valence-electron chi connectivity index (χ2n) is 10.3. The van der Waals surface area contributed by atoms with Crippen LogP contribution in [-0.4, -0.2) is 52.6 Å². The first-order chi connectivity index (χ1) is 17.6. The molecule has 0 aromatic carbocycles. The van der Waals surface area contributed by atoms with E-state index in [0.29, 0.717) is 12.8 Å². The van der Waals surface area contributed by atoms with E-state index in [9.17, 15) is 8.78 Å². The van der Waals surface area contributed by atoms with Gasteiger partial charge in [-0.25, -0.2) is 0 Å². The van der Waals surface area contributed by atoms with Crippen LogP contribution in [-0.2, 0) is 6.15 Å². The van der Waals surface area contributed by atoms with Gasteiger partial charge in [0.05, 0.1) is 0 Å². The zero-order chi connectivity index (χ0) is 28.2. The normalized spacial score (nSPS) is 14.8. The van der Waals surface area contributed by atoms with Crippen molar-refractivity contribution >= 4 is 19.2 Å². The number of hydrogen-bond acceptors (Lipinski definition) is 2. The summed E-state index contributed by atoms with van der Waals surface area (Å²) in [5, 5.41) is 0. The molecule has 0 aliphatic heterocycles. The Morgan fingerprint density at radius 1 is 0.486 bits per heavy atom. The summed E-state index contributed by atoms with van der Waals surface area (Å²) in [6, 6.07) is 0. The third-order valence-corrected chi connectivity index (χ3v) is 17.3. The molecular weight excluding hydrogens is 601 g/mol.